The highest BCUT2D eigenvalue weighted by molar-refractivity contribution is 6.30. The summed E-state index contributed by atoms with van der Waals surface area (Å²) in [4.78, 5) is 30.1. The molecule has 7 nitrogen and oxygen atoms in total. The van der Waals surface area contributed by atoms with Gasteiger partial charge in [-0.1, -0.05) is 23.7 Å². The van der Waals surface area contributed by atoms with Crippen molar-refractivity contribution in [3.63, 3.8) is 0 Å². The van der Waals surface area contributed by atoms with Crippen molar-refractivity contribution >= 4 is 23.4 Å². The molecule has 178 valence electrons. The number of benzene rings is 1. The molecule has 32 heavy (non-hydrogen) atoms. The Hall–Kier alpha value is -1.67. The maximum absolute atomic E-state index is 13.4. The number of aliphatic hydroxyl groups is 2. The highest BCUT2D eigenvalue weighted by atomic mass is 35.5. The molecule has 2 unspecified atom stereocenters. The van der Waals surface area contributed by atoms with Gasteiger partial charge in [-0.05, 0) is 70.1 Å². The molecule has 1 aliphatic carbocycles. The molecule has 1 aromatic carbocycles. The number of likely N-dealkylation sites (tertiary alicyclic amines) is 1. The van der Waals surface area contributed by atoms with E-state index in [0.717, 1.165) is 18.4 Å². The zero-order chi connectivity index (χ0) is 23.5. The van der Waals surface area contributed by atoms with E-state index in [0.29, 0.717) is 43.8 Å². The number of halogens is 1. The van der Waals surface area contributed by atoms with Crippen LogP contribution in [-0.2, 0) is 16.0 Å². The summed E-state index contributed by atoms with van der Waals surface area (Å²) in [7, 11) is 0. The average molecular weight is 466 g/mol. The topological polar surface area (TPSA) is 107 Å². The van der Waals surface area contributed by atoms with E-state index < -0.39 is 11.5 Å². The van der Waals surface area contributed by atoms with Crippen molar-refractivity contribution in [2.24, 2.45) is 11.1 Å². The molecule has 1 saturated heterocycles. The number of nitrogens with two attached hydrogens (primary N) is 1. The maximum atomic E-state index is 13.4. The van der Waals surface area contributed by atoms with Gasteiger partial charge in [-0.2, -0.15) is 0 Å². The van der Waals surface area contributed by atoms with Crippen molar-refractivity contribution < 1.29 is 19.8 Å². The van der Waals surface area contributed by atoms with Crippen molar-refractivity contribution in [3.8, 4) is 0 Å². The van der Waals surface area contributed by atoms with E-state index in [4.69, 9.17) is 17.3 Å². The quantitative estimate of drug-likeness (QED) is 0.570. The molecule has 2 aliphatic rings. The third-order valence-electron chi connectivity index (χ3n) is 6.82. The van der Waals surface area contributed by atoms with Gasteiger partial charge in [0.05, 0.1) is 30.2 Å². The van der Waals surface area contributed by atoms with Gasteiger partial charge in [-0.3, -0.25) is 9.59 Å². The van der Waals surface area contributed by atoms with E-state index in [2.05, 4.69) is 0 Å². The summed E-state index contributed by atoms with van der Waals surface area (Å²) in [6, 6.07) is 6.56. The van der Waals surface area contributed by atoms with Gasteiger partial charge in [0.15, 0.2) is 0 Å². The number of nitrogens with zero attached hydrogens (tertiary/aromatic N) is 2. The average Bonchev–Trinajstić information content (AvgIpc) is 3.25. The lowest BCUT2D eigenvalue weighted by Gasteiger charge is -2.43. The fourth-order valence-electron chi connectivity index (χ4n) is 4.75. The molecule has 2 fully saturated rings. The molecule has 2 amide bonds. The Labute approximate surface area is 195 Å². The van der Waals surface area contributed by atoms with Crippen LogP contribution >= 0.6 is 11.6 Å². The zero-order valence-corrected chi connectivity index (χ0v) is 19.8. The molecule has 1 aromatic rings. The Bertz CT molecular complexity index is 793. The number of hydrogen-bond donors (Lipinski definition) is 3. The molecule has 0 aromatic heterocycles. The second-order valence-electron chi connectivity index (χ2n) is 9.88. The largest absolute Gasteiger partial charge is 0.395 e. The van der Waals surface area contributed by atoms with Crippen molar-refractivity contribution in [1.82, 2.24) is 9.80 Å². The van der Waals surface area contributed by atoms with E-state index in [-0.39, 0.29) is 36.6 Å². The van der Waals surface area contributed by atoms with Crippen molar-refractivity contribution in [2.45, 2.75) is 76.6 Å². The Morgan fingerprint density at radius 2 is 1.78 bits per heavy atom. The normalized spacial score (nSPS) is 24.9. The number of hydrogen-bond acceptors (Lipinski definition) is 5. The van der Waals surface area contributed by atoms with Crippen LogP contribution in [0.5, 0.6) is 0 Å². The Balaban J connectivity index is 1.69. The fourth-order valence-corrected chi connectivity index (χ4v) is 4.87. The fraction of sp³-hybridized carbons (Fsp3) is 0.667. The summed E-state index contributed by atoms with van der Waals surface area (Å²) in [5.41, 5.74) is 6.29. The van der Waals surface area contributed by atoms with E-state index in [1.807, 2.05) is 17.0 Å². The summed E-state index contributed by atoms with van der Waals surface area (Å²) < 4.78 is 0. The van der Waals surface area contributed by atoms with Crippen LogP contribution < -0.4 is 5.73 Å². The lowest BCUT2D eigenvalue weighted by atomic mass is 9.86. The standard InChI is InChI=1S/C24H36ClN3O4/c1-24(2,15-29)23(32)28(18-7-9-20(30)10-8-18)19-11-12-27(14-19)22(31)21(26)13-16-3-5-17(25)6-4-16/h3-6,18-21,29-30H,7-15,26H2,1-2H3. The van der Waals surface area contributed by atoms with Crippen molar-refractivity contribution in [1.29, 1.82) is 0 Å². The Kier molecular flexibility index (Phi) is 8.20. The number of carbonyl (C=O) groups is 2. The van der Waals surface area contributed by atoms with Gasteiger partial charge >= 0.3 is 0 Å². The van der Waals surface area contributed by atoms with Crippen molar-refractivity contribution in [2.75, 3.05) is 19.7 Å². The van der Waals surface area contributed by atoms with Gasteiger partial charge in [0.1, 0.15) is 0 Å². The molecule has 0 bridgehead atoms. The first kappa shape index (κ1) is 25.0. The van der Waals surface area contributed by atoms with Crippen molar-refractivity contribution in [3.05, 3.63) is 34.9 Å². The number of rotatable bonds is 7. The third-order valence-corrected chi connectivity index (χ3v) is 7.07. The van der Waals surface area contributed by atoms with Gasteiger partial charge in [-0.25, -0.2) is 0 Å². The van der Waals surface area contributed by atoms with Crippen LogP contribution in [0.4, 0.5) is 0 Å². The Morgan fingerprint density at radius 1 is 1.16 bits per heavy atom. The summed E-state index contributed by atoms with van der Waals surface area (Å²) in [5.74, 6) is -0.207. The minimum absolute atomic E-state index is 0.0134. The first-order valence-electron chi connectivity index (χ1n) is 11.5. The van der Waals surface area contributed by atoms with Crippen LogP contribution in [0.3, 0.4) is 0 Å². The highest BCUT2D eigenvalue weighted by Gasteiger charge is 2.43. The monoisotopic (exact) mass is 465 g/mol. The number of amides is 2. The molecule has 0 radical (unpaired) electrons. The summed E-state index contributed by atoms with van der Waals surface area (Å²) in [5, 5.41) is 20.3. The van der Waals surface area contributed by atoms with E-state index >= 15 is 0 Å². The molecule has 1 aliphatic heterocycles. The third kappa shape index (κ3) is 5.81. The van der Waals surface area contributed by atoms with Crippen LogP contribution in [0.1, 0.15) is 51.5 Å². The van der Waals surface area contributed by atoms with E-state index in [1.165, 1.54) is 0 Å². The highest BCUT2D eigenvalue weighted by Crippen LogP contribution is 2.32. The SMILES string of the molecule is CC(C)(CO)C(=O)N(C1CCC(O)CC1)C1CCN(C(=O)C(N)Cc2ccc(Cl)cc2)C1. The van der Waals surface area contributed by atoms with Gasteiger partial charge in [-0.15, -0.1) is 0 Å². The van der Waals surface area contributed by atoms with E-state index in [9.17, 15) is 19.8 Å². The molecule has 8 heteroatoms. The Morgan fingerprint density at radius 3 is 2.38 bits per heavy atom. The summed E-state index contributed by atoms with van der Waals surface area (Å²) >= 11 is 5.93. The van der Waals surface area contributed by atoms with Gasteiger partial charge in [0.2, 0.25) is 11.8 Å². The molecule has 0 spiro atoms. The molecule has 2 atom stereocenters. The van der Waals surface area contributed by atoms with Crippen LogP contribution in [0.2, 0.25) is 5.02 Å². The van der Waals surface area contributed by atoms with E-state index in [1.54, 1.807) is 30.9 Å². The summed E-state index contributed by atoms with van der Waals surface area (Å²) in [6.07, 6.45) is 3.58. The first-order chi connectivity index (χ1) is 15.1. The first-order valence-corrected chi connectivity index (χ1v) is 11.9. The molecular formula is C24H36ClN3O4. The zero-order valence-electron chi connectivity index (χ0n) is 19.0. The lowest BCUT2D eigenvalue weighted by Crippen LogP contribution is -2.55. The maximum Gasteiger partial charge on any atom is 0.239 e. The second-order valence-corrected chi connectivity index (χ2v) is 10.3. The minimum Gasteiger partial charge on any atom is -0.395 e. The van der Waals surface area contributed by atoms with Crippen LogP contribution in [-0.4, -0.2) is 75.8 Å². The van der Waals surface area contributed by atoms with Crippen LogP contribution in [0.15, 0.2) is 24.3 Å². The molecule has 4 N–H and O–H groups in total. The number of aliphatic hydroxyl groups excluding tert-OH is 2. The summed E-state index contributed by atoms with van der Waals surface area (Å²) in [6.45, 7) is 4.26. The predicted molar refractivity (Wildman–Crippen MR) is 124 cm³/mol. The van der Waals surface area contributed by atoms with Crippen LogP contribution in [0, 0.1) is 5.41 Å². The van der Waals surface area contributed by atoms with Gasteiger partial charge < -0.3 is 25.7 Å². The van der Waals surface area contributed by atoms with Gasteiger partial charge in [0.25, 0.3) is 0 Å². The second kappa shape index (κ2) is 10.5. The molecule has 1 saturated carbocycles. The van der Waals surface area contributed by atoms with Gasteiger partial charge in [0, 0.05) is 24.2 Å². The minimum atomic E-state index is -0.890. The molecule has 1 heterocycles. The van der Waals surface area contributed by atoms with Crippen LogP contribution in [0.25, 0.3) is 0 Å². The number of carbonyl (C=O) groups excluding carboxylic acids is 2. The predicted octanol–water partition coefficient (Wildman–Crippen LogP) is 1.96. The molecule has 3 rings (SSSR count). The molecular weight excluding hydrogens is 430 g/mol. The lowest BCUT2D eigenvalue weighted by molar-refractivity contribution is -0.149. The smallest absolute Gasteiger partial charge is 0.239 e.